The molecule has 1 amide bonds. The Morgan fingerprint density at radius 3 is 2.67 bits per heavy atom. The Morgan fingerprint density at radius 2 is 1.94 bits per heavy atom. The van der Waals surface area contributed by atoms with Gasteiger partial charge in [-0.05, 0) is 60.3 Å². The zero-order valence-corrected chi connectivity index (χ0v) is 21.0. The Morgan fingerprint density at radius 1 is 1.17 bits per heavy atom. The van der Waals surface area contributed by atoms with E-state index in [9.17, 15) is 13.6 Å². The number of alkyl halides is 2. The fourth-order valence-electron chi connectivity index (χ4n) is 5.55. The van der Waals surface area contributed by atoms with Crippen molar-refractivity contribution in [3.8, 4) is 0 Å². The molecule has 2 aliphatic heterocycles. The smallest absolute Gasteiger partial charge is 0.291 e. The first-order chi connectivity index (χ1) is 17.3. The molecule has 36 heavy (non-hydrogen) atoms. The molecule has 0 aromatic heterocycles. The van der Waals surface area contributed by atoms with Crippen molar-refractivity contribution in [2.75, 3.05) is 13.1 Å². The summed E-state index contributed by atoms with van der Waals surface area (Å²) < 4.78 is 27.9. The van der Waals surface area contributed by atoms with E-state index in [-0.39, 0.29) is 11.5 Å². The molecule has 5 rings (SSSR count). The van der Waals surface area contributed by atoms with E-state index in [1.165, 1.54) is 23.3 Å². The van der Waals surface area contributed by atoms with Gasteiger partial charge in [-0.15, -0.1) is 0 Å². The molecule has 0 bridgehead atoms. The number of guanidine groups is 1. The van der Waals surface area contributed by atoms with Crippen molar-refractivity contribution in [2.24, 2.45) is 10.9 Å². The van der Waals surface area contributed by atoms with Gasteiger partial charge in [-0.1, -0.05) is 69.0 Å². The average Bonchev–Trinajstić information content (AvgIpc) is 3.37. The lowest BCUT2D eigenvalue weighted by molar-refractivity contribution is -0.125. The molecule has 2 aromatic carbocycles. The summed E-state index contributed by atoms with van der Waals surface area (Å²) in [6, 6.07) is 14.9. The summed E-state index contributed by atoms with van der Waals surface area (Å²) >= 11 is 0. The predicted molar refractivity (Wildman–Crippen MR) is 139 cm³/mol. The normalized spacial score (nSPS) is 20.0. The minimum absolute atomic E-state index is 0.00280. The highest BCUT2D eigenvalue weighted by Crippen LogP contribution is 2.39. The first-order valence-corrected chi connectivity index (χ1v) is 12.8. The minimum atomic E-state index is -3.07. The molecule has 3 aliphatic rings. The molecule has 2 heterocycles. The molecule has 0 fully saturated rings. The van der Waals surface area contributed by atoms with Crippen LogP contribution >= 0.6 is 0 Å². The second kappa shape index (κ2) is 9.64. The molecular formula is C30H33F2N3O. The second-order valence-corrected chi connectivity index (χ2v) is 10.4. The molecule has 6 heteroatoms. The summed E-state index contributed by atoms with van der Waals surface area (Å²) in [7, 11) is 0. The molecule has 0 radical (unpaired) electrons. The van der Waals surface area contributed by atoms with E-state index in [1.54, 1.807) is 17.0 Å². The molecule has 0 N–H and O–H groups in total. The number of rotatable bonds is 7. The van der Waals surface area contributed by atoms with Crippen LogP contribution in [0.15, 0.2) is 77.4 Å². The van der Waals surface area contributed by atoms with E-state index in [2.05, 4.69) is 54.6 Å². The van der Waals surface area contributed by atoms with E-state index < -0.39 is 5.92 Å². The van der Waals surface area contributed by atoms with Crippen LogP contribution in [0.25, 0.3) is 0 Å². The van der Waals surface area contributed by atoms with Gasteiger partial charge in [0.15, 0.2) is 0 Å². The Hall–Kier alpha value is -3.28. The van der Waals surface area contributed by atoms with Crippen molar-refractivity contribution >= 4 is 11.9 Å². The highest BCUT2D eigenvalue weighted by Gasteiger charge is 2.41. The molecule has 0 saturated heterocycles. The quantitative estimate of drug-likeness (QED) is 0.422. The third kappa shape index (κ3) is 4.61. The standard InChI is InChI=1S/C30H33F2N3O/c1-4-30(31,32)25-11-8-21(9-12-25)19-35-28(36)26-18-23(10-13-27(26)34-15-14-33-29(34)35)16-22-6-5-7-24(17-22)20(2)3/h4-9,11-12,17,20,23H,1,10,13-16,18-19H2,2-3H3. The monoisotopic (exact) mass is 489 g/mol. The maximum absolute atomic E-state index is 13.9. The van der Waals surface area contributed by atoms with Gasteiger partial charge < -0.3 is 4.90 Å². The Labute approximate surface area is 212 Å². The molecule has 2 aromatic rings. The highest BCUT2D eigenvalue weighted by molar-refractivity contribution is 6.09. The molecule has 1 unspecified atom stereocenters. The number of amides is 1. The van der Waals surface area contributed by atoms with Crippen LogP contribution in [-0.2, 0) is 23.7 Å². The van der Waals surface area contributed by atoms with Crippen molar-refractivity contribution in [1.29, 1.82) is 0 Å². The summed E-state index contributed by atoms with van der Waals surface area (Å²) in [5, 5.41) is 0. The SMILES string of the molecule is C=CC(F)(F)c1ccc(CN2C(=O)C3=C(CCC(Cc4cccc(C(C)C)c4)C3)N3CCN=C23)cc1. The highest BCUT2D eigenvalue weighted by atomic mass is 19.3. The Balaban J connectivity index is 1.35. The molecule has 4 nitrogen and oxygen atoms in total. The van der Waals surface area contributed by atoms with Crippen molar-refractivity contribution < 1.29 is 13.6 Å². The number of benzene rings is 2. The number of allylic oxidation sites excluding steroid dienone is 2. The fraction of sp³-hybridized carbons (Fsp3) is 0.400. The second-order valence-electron chi connectivity index (χ2n) is 10.4. The van der Waals surface area contributed by atoms with Crippen molar-refractivity contribution in [3.05, 3.63) is 94.7 Å². The van der Waals surface area contributed by atoms with Crippen LogP contribution in [0.5, 0.6) is 0 Å². The Kier molecular flexibility index (Phi) is 6.54. The Bertz CT molecular complexity index is 1230. The summed E-state index contributed by atoms with van der Waals surface area (Å²) in [4.78, 5) is 22.3. The summed E-state index contributed by atoms with van der Waals surface area (Å²) in [5.41, 5.74) is 5.38. The van der Waals surface area contributed by atoms with Gasteiger partial charge >= 0.3 is 0 Å². The first kappa shape index (κ1) is 24.4. The molecule has 1 atom stereocenters. The topological polar surface area (TPSA) is 35.9 Å². The van der Waals surface area contributed by atoms with E-state index in [4.69, 9.17) is 0 Å². The fourth-order valence-corrected chi connectivity index (χ4v) is 5.55. The van der Waals surface area contributed by atoms with E-state index in [0.29, 0.717) is 37.0 Å². The van der Waals surface area contributed by atoms with Crippen molar-refractivity contribution in [1.82, 2.24) is 9.80 Å². The molecule has 188 valence electrons. The lowest BCUT2D eigenvalue weighted by atomic mass is 9.81. The molecular weight excluding hydrogens is 456 g/mol. The maximum atomic E-state index is 13.9. The van der Waals surface area contributed by atoms with Gasteiger partial charge in [0, 0.05) is 23.4 Å². The van der Waals surface area contributed by atoms with E-state index in [1.807, 2.05) is 0 Å². The van der Waals surface area contributed by atoms with Crippen LogP contribution in [0.3, 0.4) is 0 Å². The van der Waals surface area contributed by atoms with Crippen LogP contribution in [0.1, 0.15) is 61.3 Å². The number of hydrogen-bond acceptors (Lipinski definition) is 3. The predicted octanol–water partition coefficient (Wildman–Crippen LogP) is 6.40. The number of carbonyl (C=O) groups excluding carboxylic acids is 1. The number of hydrogen-bond donors (Lipinski definition) is 0. The van der Waals surface area contributed by atoms with E-state index in [0.717, 1.165) is 49.1 Å². The third-order valence-corrected chi connectivity index (χ3v) is 7.60. The van der Waals surface area contributed by atoms with Crippen molar-refractivity contribution in [2.45, 2.75) is 57.9 Å². The summed E-state index contributed by atoms with van der Waals surface area (Å²) in [5.74, 6) is -1.47. The van der Waals surface area contributed by atoms with Gasteiger partial charge in [0.2, 0.25) is 5.96 Å². The lowest BCUT2D eigenvalue weighted by Gasteiger charge is -2.41. The van der Waals surface area contributed by atoms with Crippen LogP contribution in [0.2, 0.25) is 0 Å². The zero-order chi connectivity index (χ0) is 25.4. The van der Waals surface area contributed by atoms with Gasteiger partial charge in [-0.2, -0.15) is 8.78 Å². The number of fused-ring (bicyclic) bond motifs is 2. The van der Waals surface area contributed by atoms with Gasteiger partial charge in [0.05, 0.1) is 13.1 Å². The zero-order valence-electron chi connectivity index (χ0n) is 21.0. The number of halogens is 2. The first-order valence-electron chi connectivity index (χ1n) is 12.8. The minimum Gasteiger partial charge on any atom is -0.314 e. The van der Waals surface area contributed by atoms with Crippen molar-refractivity contribution in [3.63, 3.8) is 0 Å². The average molecular weight is 490 g/mol. The van der Waals surface area contributed by atoms with Crippen LogP contribution < -0.4 is 0 Å². The lowest BCUT2D eigenvalue weighted by Crippen LogP contribution is -2.51. The number of carbonyl (C=O) groups is 1. The van der Waals surface area contributed by atoms with E-state index >= 15 is 0 Å². The molecule has 0 spiro atoms. The largest absolute Gasteiger partial charge is 0.314 e. The van der Waals surface area contributed by atoms with Crippen LogP contribution in [-0.4, -0.2) is 34.8 Å². The number of aliphatic imine (C=N–C) groups is 1. The summed E-state index contributed by atoms with van der Waals surface area (Å²) in [6.45, 7) is 9.39. The third-order valence-electron chi connectivity index (χ3n) is 7.60. The van der Waals surface area contributed by atoms with Crippen LogP contribution in [0, 0.1) is 5.92 Å². The summed E-state index contributed by atoms with van der Waals surface area (Å²) in [6.07, 6.45) is 4.30. The van der Waals surface area contributed by atoms with Gasteiger partial charge in [-0.3, -0.25) is 14.7 Å². The van der Waals surface area contributed by atoms with Gasteiger partial charge in [-0.25, -0.2) is 0 Å². The van der Waals surface area contributed by atoms with Gasteiger partial charge in [0.25, 0.3) is 11.8 Å². The van der Waals surface area contributed by atoms with Crippen LogP contribution in [0.4, 0.5) is 8.78 Å². The maximum Gasteiger partial charge on any atom is 0.291 e. The molecule has 0 saturated carbocycles. The molecule has 1 aliphatic carbocycles. The number of nitrogens with zero attached hydrogens (tertiary/aromatic N) is 3. The van der Waals surface area contributed by atoms with Gasteiger partial charge in [0.1, 0.15) is 0 Å².